The minimum atomic E-state index is -4.42. The van der Waals surface area contributed by atoms with Gasteiger partial charge in [-0.05, 0) is 17.7 Å². The maximum atomic E-state index is 12.5. The minimum Gasteiger partial charge on any atom is -0.332 e. The first kappa shape index (κ1) is 15.5. The molecule has 2 heterocycles. The molecule has 5 nitrogen and oxygen atoms in total. The van der Waals surface area contributed by atoms with Gasteiger partial charge in [0, 0.05) is 17.0 Å². The Balaban J connectivity index is 1.71. The molecule has 0 aliphatic carbocycles. The van der Waals surface area contributed by atoms with Gasteiger partial charge in [-0.2, -0.15) is 18.3 Å². The average molecular weight is 339 g/mol. The Morgan fingerprint density at radius 1 is 1.22 bits per heavy atom. The highest BCUT2D eigenvalue weighted by atomic mass is 32.1. The van der Waals surface area contributed by atoms with E-state index < -0.39 is 11.9 Å². The second-order valence-electron chi connectivity index (χ2n) is 4.88. The molecule has 1 unspecified atom stereocenters. The van der Waals surface area contributed by atoms with Crippen molar-refractivity contribution < 1.29 is 13.2 Å². The van der Waals surface area contributed by atoms with Gasteiger partial charge in [-0.15, -0.1) is 11.3 Å². The molecule has 9 heteroatoms. The lowest BCUT2D eigenvalue weighted by Crippen LogP contribution is -2.05. The number of aromatic nitrogens is 4. The first-order chi connectivity index (χ1) is 10.9. The lowest BCUT2D eigenvalue weighted by Gasteiger charge is -2.10. The maximum Gasteiger partial charge on any atom is 0.434 e. The van der Waals surface area contributed by atoms with E-state index in [9.17, 15) is 13.2 Å². The topological polar surface area (TPSA) is 66.5 Å². The number of aromatic amines is 1. The van der Waals surface area contributed by atoms with Gasteiger partial charge in [0.2, 0.25) is 0 Å². The van der Waals surface area contributed by atoms with Gasteiger partial charge in [0.25, 0.3) is 0 Å². The van der Waals surface area contributed by atoms with Crippen molar-refractivity contribution in [1.82, 2.24) is 20.2 Å². The van der Waals surface area contributed by atoms with E-state index in [2.05, 4.69) is 25.5 Å². The monoisotopic (exact) mass is 339 g/mol. The summed E-state index contributed by atoms with van der Waals surface area (Å²) in [5, 5.41) is 10.7. The summed E-state index contributed by atoms with van der Waals surface area (Å²) in [6.45, 7) is 1.99. The van der Waals surface area contributed by atoms with Gasteiger partial charge in [-0.3, -0.25) is 5.10 Å². The number of thiazole rings is 1. The van der Waals surface area contributed by atoms with E-state index in [1.165, 1.54) is 6.33 Å². The molecular formula is C14H12F3N5S. The van der Waals surface area contributed by atoms with Gasteiger partial charge in [-0.25, -0.2) is 9.97 Å². The number of anilines is 2. The molecule has 23 heavy (non-hydrogen) atoms. The first-order valence-electron chi connectivity index (χ1n) is 6.68. The highest BCUT2D eigenvalue weighted by Gasteiger charge is 2.33. The van der Waals surface area contributed by atoms with Gasteiger partial charge in [0.05, 0.1) is 0 Å². The number of nitrogens with one attached hydrogen (secondary N) is 2. The number of benzene rings is 1. The Kier molecular flexibility index (Phi) is 4.03. The molecule has 0 saturated carbocycles. The van der Waals surface area contributed by atoms with Crippen molar-refractivity contribution >= 4 is 22.2 Å². The third-order valence-corrected chi connectivity index (χ3v) is 4.06. The van der Waals surface area contributed by atoms with Crippen molar-refractivity contribution in [3.63, 3.8) is 0 Å². The summed E-state index contributed by atoms with van der Waals surface area (Å²) in [5.41, 5.74) is 0.796. The van der Waals surface area contributed by atoms with Crippen LogP contribution in [0.1, 0.15) is 29.9 Å². The van der Waals surface area contributed by atoms with Crippen LogP contribution >= 0.6 is 11.3 Å². The predicted molar refractivity (Wildman–Crippen MR) is 80.7 cm³/mol. The number of nitrogens with zero attached hydrogens (tertiary/aromatic N) is 3. The predicted octanol–water partition coefficient (Wildman–Crippen LogP) is 4.18. The van der Waals surface area contributed by atoms with Crippen molar-refractivity contribution in [2.75, 3.05) is 5.32 Å². The van der Waals surface area contributed by atoms with Crippen molar-refractivity contribution in [3.8, 4) is 0 Å². The zero-order valence-electron chi connectivity index (χ0n) is 11.9. The summed E-state index contributed by atoms with van der Waals surface area (Å²) >= 11 is 0.914. The molecule has 120 valence electrons. The lowest BCUT2D eigenvalue weighted by atomic mass is 10.0. The van der Waals surface area contributed by atoms with Crippen LogP contribution in [0.5, 0.6) is 0 Å². The van der Waals surface area contributed by atoms with Crippen LogP contribution < -0.4 is 5.32 Å². The first-order valence-corrected chi connectivity index (χ1v) is 7.56. The molecule has 0 fully saturated rings. The van der Waals surface area contributed by atoms with Crippen molar-refractivity contribution in [2.45, 2.75) is 19.0 Å². The fourth-order valence-electron chi connectivity index (χ4n) is 2.02. The smallest absolute Gasteiger partial charge is 0.332 e. The van der Waals surface area contributed by atoms with E-state index >= 15 is 0 Å². The molecule has 0 saturated heterocycles. The summed E-state index contributed by atoms with van der Waals surface area (Å²) < 4.78 is 37.6. The molecule has 1 atom stereocenters. The molecule has 2 aromatic heterocycles. The summed E-state index contributed by atoms with van der Waals surface area (Å²) in [7, 11) is 0. The Labute approximate surface area is 133 Å². The van der Waals surface area contributed by atoms with E-state index in [1.807, 2.05) is 19.1 Å². The molecule has 3 aromatic rings. The van der Waals surface area contributed by atoms with Crippen LogP contribution in [0.2, 0.25) is 0 Å². The van der Waals surface area contributed by atoms with Crippen LogP contribution in [0, 0.1) is 0 Å². The van der Waals surface area contributed by atoms with Crippen LogP contribution in [-0.4, -0.2) is 20.2 Å². The van der Waals surface area contributed by atoms with E-state index in [-0.39, 0.29) is 11.0 Å². The lowest BCUT2D eigenvalue weighted by molar-refractivity contribution is -0.140. The summed E-state index contributed by atoms with van der Waals surface area (Å²) in [6, 6.07) is 7.34. The number of hydrogen-bond donors (Lipinski definition) is 2. The van der Waals surface area contributed by atoms with Crippen molar-refractivity contribution in [2.24, 2.45) is 0 Å². The Morgan fingerprint density at radius 2 is 1.96 bits per heavy atom. The number of H-pyrrole nitrogens is 1. The summed E-state index contributed by atoms with van der Waals surface area (Å²) in [5.74, 6) is 0.795. The van der Waals surface area contributed by atoms with Gasteiger partial charge in [-0.1, -0.05) is 19.1 Å². The second kappa shape index (κ2) is 5.99. The SMILES string of the molecule is CC(c1ccc(Nc2nc(C(F)(F)F)cs2)cc1)c1ncn[nH]1. The molecular weight excluding hydrogens is 327 g/mol. The van der Waals surface area contributed by atoms with Crippen LogP contribution in [-0.2, 0) is 6.18 Å². The highest BCUT2D eigenvalue weighted by Crippen LogP contribution is 2.32. The van der Waals surface area contributed by atoms with E-state index in [1.54, 1.807) is 12.1 Å². The molecule has 0 aliphatic rings. The molecule has 1 aromatic carbocycles. The van der Waals surface area contributed by atoms with Gasteiger partial charge in [0.1, 0.15) is 12.2 Å². The zero-order valence-corrected chi connectivity index (χ0v) is 12.7. The largest absolute Gasteiger partial charge is 0.434 e. The molecule has 0 amide bonds. The minimum absolute atomic E-state index is 0.0447. The van der Waals surface area contributed by atoms with Crippen LogP contribution in [0.3, 0.4) is 0 Å². The Bertz CT molecular complexity index is 765. The highest BCUT2D eigenvalue weighted by molar-refractivity contribution is 7.13. The third-order valence-electron chi connectivity index (χ3n) is 3.30. The normalized spacial score (nSPS) is 13.0. The van der Waals surface area contributed by atoms with Crippen LogP contribution in [0.4, 0.5) is 24.0 Å². The number of alkyl halides is 3. The van der Waals surface area contributed by atoms with E-state index in [4.69, 9.17) is 0 Å². The molecule has 0 bridgehead atoms. The van der Waals surface area contributed by atoms with Crippen molar-refractivity contribution in [3.05, 3.63) is 53.1 Å². The zero-order chi connectivity index (χ0) is 16.4. The van der Waals surface area contributed by atoms with Crippen LogP contribution in [0.15, 0.2) is 36.0 Å². The van der Waals surface area contributed by atoms with Gasteiger partial charge < -0.3 is 5.32 Å². The summed E-state index contributed by atoms with van der Waals surface area (Å²) in [4.78, 5) is 7.65. The Morgan fingerprint density at radius 3 is 2.52 bits per heavy atom. The number of rotatable bonds is 4. The molecule has 0 spiro atoms. The second-order valence-corrected chi connectivity index (χ2v) is 5.73. The fourth-order valence-corrected chi connectivity index (χ4v) is 2.76. The molecule has 3 rings (SSSR count). The van der Waals surface area contributed by atoms with E-state index in [0.717, 1.165) is 28.1 Å². The molecule has 2 N–H and O–H groups in total. The summed E-state index contributed by atoms with van der Waals surface area (Å²) in [6.07, 6.45) is -2.98. The Hall–Kier alpha value is -2.42. The van der Waals surface area contributed by atoms with Gasteiger partial charge >= 0.3 is 6.18 Å². The number of hydrogen-bond acceptors (Lipinski definition) is 5. The quantitative estimate of drug-likeness (QED) is 0.748. The average Bonchev–Trinajstić information content (AvgIpc) is 3.18. The molecule has 0 radical (unpaired) electrons. The van der Waals surface area contributed by atoms with Gasteiger partial charge in [0.15, 0.2) is 10.8 Å². The fraction of sp³-hybridized carbons (Fsp3) is 0.214. The standard InChI is InChI=1S/C14H12F3N5S/c1-8(12-18-7-19-22-12)9-2-4-10(5-3-9)20-13-21-11(6-23-13)14(15,16)17/h2-8H,1H3,(H,20,21)(H,18,19,22). The maximum absolute atomic E-state index is 12.5. The molecule has 0 aliphatic heterocycles. The van der Waals surface area contributed by atoms with E-state index in [0.29, 0.717) is 5.69 Å². The van der Waals surface area contributed by atoms with Crippen molar-refractivity contribution in [1.29, 1.82) is 0 Å². The number of halogens is 3. The third kappa shape index (κ3) is 3.50. The van der Waals surface area contributed by atoms with Crippen LogP contribution in [0.25, 0.3) is 0 Å².